The average Bonchev–Trinajstić information content (AvgIpc) is 2.26. The van der Waals surface area contributed by atoms with Gasteiger partial charge in [0.15, 0.2) is 0 Å². The summed E-state index contributed by atoms with van der Waals surface area (Å²) in [6, 6.07) is 5.91. The van der Waals surface area contributed by atoms with E-state index in [1.165, 1.54) is 25.2 Å². The fraction of sp³-hybridized carbons (Fsp3) is 0.417. The molecule has 1 aromatic carbocycles. The van der Waals surface area contributed by atoms with Crippen LogP contribution < -0.4 is 10.0 Å². The molecule has 1 aromatic rings. The summed E-state index contributed by atoms with van der Waals surface area (Å²) >= 11 is 0. The van der Waals surface area contributed by atoms with Crippen molar-refractivity contribution in [1.29, 1.82) is 0 Å². The lowest BCUT2D eigenvalue weighted by Crippen LogP contribution is -2.27. The maximum absolute atomic E-state index is 11.6. The maximum Gasteiger partial charge on any atom is 0.412 e. The molecule has 0 atom stereocenters. The van der Waals surface area contributed by atoms with Gasteiger partial charge in [0, 0.05) is 5.69 Å². The molecule has 0 aromatic heterocycles. The van der Waals surface area contributed by atoms with Gasteiger partial charge >= 0.3 is 6.09 Å². The third-order valence-corrected chi connectivity index (χ3v) is 3.47. The molecule has 7 heteroatoms. The molecule has 0 radical (unpaired) electrons. The van der Waals surface area contributed by atoms with E-state index in [4.69, 9.17) is 4.74 Å². The van der Waals surface area contributed by atoms with Gasteiger partial charge in [0.1, 0.15) is 5.60 Å². The van der Waals surface area contributed by atoms with Gasteiger partial charge in [-0.2, -0.15) is 0 Å². The van der Waals surface area contributed by atoms with Gasteiger partial charge in [-0.25, -0.2) is 17.9 Å². The first-order chi connectivity index (χ1) is 8.64. The standard InChI is InChI=1S/C12H18N2O4S/c1-12(2,3)18-11(15)14-9-6-5-7-10(8-9)19(16,17)13-4/h5-8,13H,1-4H3,(H,14,15). The molecule has 0 aliphatic rings. The summed E-state index contributed by atoms with van der Waals surface area (Å²) in [5, 5.41) is 2.48. The number of amides is 1. The summed E-state index contributed by atoms with van der Waals surface area (Å²) in [5.41, 5.74) is -0.260. The number of hydrogen-bond acceptors (Lipinski definition) is 4. The molecule has 0 heterocycles. The zero-order chi connectivity index (χ0) is 14.7. The highest BCUT2D eigenvalue weighted by Gasteiger charge is 2.17. The largest absolute Gasteiger partial charge is 0.444 e. The smallest absolute Gasteiger partial charge is 0.412 e. The molecule has 0 saturated heterocycles. The van der Waals surface area contributed by atoms with Crippen LogP contribution >= 0.6 is 0 Å². The third-order valence-electron chi connectivity index (χ3n) is 2.06. The highest BCUT2D eigenvalue weighted by Crippen LogP contribution is 2.16. The van der Waals surface area contributed by atoms with Crippen LogP contribution in [0.5, 0.6) is 0 Å². The minimum atomic E-state index is -3.53. The molecular formula is C12H18N2O4S. The molecule has 0 fully saturated rings. The molecule has 2 N–H and O–H groups in total. The van der Waals surface area contributed by atoms with E-state index >= 15 is 0 Å². The van der Waals surface area contributed by atoms with Crippen molar-refractivity contribution in [3.8, 4) is 0 Å². The Morgan fingerprint density at radius 3 is 2.42 bits per heavy atom. The lowest BCUT2D eigenvalue weighted by molar-refractivity contribution is 0.0636. The molecule has 0 saturated carbocycles. The molecule has 0 unspecified atom stereocenters. The van der Waals surface area contributed by atoms with Crippen molar-refractivity contribution in [3.05, 3.63) is 24.3 Å². The Morgan fingerprint density at radius 2 is 1.89 bits per heavy atom. The van der Waals surface area contributed by atoms with Crippen LogP contribution in [-0.2, 0) is 14.8 Å². The van der Waals surface area contributed by atoms with E-state index in [0.717, 1.165) is 0 Å². The molecule has 0 aliphatic heterocycles. The van der Waals surface area contributed by atoms with Gasteiger partial charge in [0.25, 0.3) is 0 Å². The van der Waals surface area contributed by atoms with E-state index in [-0.39, 0.29) is 4.90 Å². The third kappa shape index (κ3) is 4.88. The molecular weight excluding hydrogens is 268 g/mol. The van der Waals surface area contributed by atoms with Crippen molar-refractivity contribution >= 4 is 21.8 Å². The summed E-state index contributed by atoms with van der Waals surface area (Å²) < 4.78 is 30.5. The van der Waals surface area contributed by atoms with Gasteiger partial charge in [-0.15, -0.1) is 0 Å². The van der Waals surface area contributed by atoms with Crippen LogP contribution in [0.3, 0.4) is 0 Å². The van der Waals surface area contributed by atoms with Gasteiger partial charge in [-0.3, -0.25) is 5.32 Å². The van der Waals surface area contributed by atoms with Crippen molar-refractivity contribution in [2.24, 2.45) is 0 Å². The quantitative estimate of drug-likeness (QED) is 0.889. The zero-order valence-corrected chi connectivity index (χ0v) is 12.2. The Balaban J connectivity index is 2.87. The van der Waals surface area contributed by atoms with Crippen LogP contribution in [0.2, 0.25) is 0 Å². The number of carbonyl (C=O) groups excluding carboxylic acids is 1. The topological polar surface area (TPSA) is 84.5 Å². The summed E-state index contributed by atoms with van der Waals surface area (Å²) in [6.07, 6.45) is -0.633. The normalized spacial score (nSPS) is 12.0. The molecule has 0 aliphatic carbocycles. The lowest BCUT2D eigenvalue weighted by Gasteiger charge is -2.19. The summed E-state index contributed by atoms with van der Waals surface area (Å²) in [5.74, 6) is 0. The van der Waals surface area contributed by atoms with Crippen molar-refractivity contribution in [1.82, 2.24) is 4.72 Å². The van der Waals surface area contributed by atoms with E-state index in [1.54, 1.807) is 26.8 Å². The number of sulfonamides is 1. The Kier molecular flexibility index (Phi) is 4.54. The average molecular weight is 286 g/mol. The number of anilines is 1. The summed E-state index contributed by atoms with van der Waals surface area (Å²) in [6.45, 7) is 5.23. The summed E-state index contributed by atoms with van der Waals surface area (Å²) in [4.78, 5) is 11.6. The minimum Gasteiger partial charge on any atom is -0.444 e. The molecule has 106 valence electrons. The lowest BCUT2D eigenvalue weighted by atomic mass is 10.2. The Hall–Kier alpha value is -1.60. The van der Waals surface area contributed by atoms with E-state index in [2.05, 4.69) is 10.0 Å². The molecule has 6 nitrogen and oxygen atoms in total. The van der Waals surface area contributed by atoms with Crippen molar-refractivity contribution in [2.45, 2.75) is 31.3 Å². The fourth-order valence-electron chi connectivity index (χ4n) is 1.28. The van der Waals surface area contributed by atoms with Gasteiger partial charge < -0.3 is 4.74 Å². The number of carbonyl (C=O) groups is 1. The molecule has 1 rings (SSSR count). The van der Waals surface area contributed by atoms with Crippen LogP contribution in [0.4, 0.5) is 10.5 Å². The number of nitrogens with one attached hydrogen (secondary N) is 2. The van der Waals surface area contributed by atoms with Crippen LogP contribution in [0.15, 0.2) is 29.2 Å². The Labute approximate surface area is 113 Å². The van der Waals surface area contributed by atoms with E-state index in [1.807, 2.05) is 0 Å². The molecule has 1 amide bonds. The predicted octanol–water partition coefficient (Wildman–Crippen LogP) is 1.94. The van der Waals surface area contributed by atoms with Crippen LogP contribution in [0.1, 0.15) is 20.8 Å². The van der Waals surface area contributed by atoms with Gasteiger partial charge in [-0.05, 0) is 46.0 Å². The van der Waals surface area contributed by atoms with Gasteiger partial charge in [0.05, 0.1) is 4.90 Å². The van der Waals surface area contributed by atoms with E-state index in [0.29, 0.717) is 5.69 Å². The first-order valence-corrected chi connectivity index (χ1v) is 7.16. The second-order valence-electron chi connectivity index (χ2n) is 4.86. The summed E-state index contributed by atoms with van der Waals surface area (Å²) in [7, 11) is -2.21. The second kappa shape index (κ2) is 5.58. The van der Waals surface area contributed by atoms with Crippen molar-refractivity contribution in [3.63, 3.8) is 0 Å². The number of rotatable bonds is 3. The Bertz CT molecular complexity index is 561. The monoisotopic (exact) mass is 286 g/mol. The van der Waals surface area contributed by atoms with Crippen LogP contribution in [-0.4, -0.2) is 27.2 Å². The minimum absolute atomic E-state index is 0.0727. The Morgan fingerprint density at radius 1 is 1.26 bits per heavy atom. The number of ether oxygens (including phenoxy) is 1. The highest BCUT2D eigenvalue weighted by molar-refractivity contribution is 7.89. The highest BCUT2D eigenvalue weighted by atomic mass is 32.2. The van der Waals surface area contributed by atoms with E-state index < -0.39 is 21.7 Å². The maximum atomic E-state index is 11.6. The molecule has 0 bridgehead atoms. The zero-order valence-electron chi connectivity index (χ0n) is 11.4. The fourth-order valence-corrected chi connectivity index (χ4v) is 2.06. The van der Waals surface area contributed by atoms with Gasteiger partial charge in [-0.1, -0.05) is 6.07 Å². The van der Waals surface area contributed by atoms with Crippen LogP contribution in [0.25, 0.3) is 0 Å². The SMILES string of the molecule is CNS(=O)(=O)c1cccc(NC(=O)OC(C)(C)C)c1. The number of benzene rings is 1. The van der Waals surface area contributed by atoms with Gasteiger partial charge in [0.2, 0.25) is 10.0 Å². The molecule has 19 heavy (non-hydrogen) atoms. The molecule has 0 spiro atoms. The first kappa shape index (κ1) is 15.5. The van der Waals surface area contributed by atoms with Crippen molar-refractivity contribution < 1.29 is 17.9 Å². The van der Waals surface area contributed by atoms with Crippen molar-refractivity contribution in [2.75, 3.05) is 12.4 Å². The van der Waals surface area contributed by atoms with E-state index in [9.17, 15) is 13.2 Å². The first-order valence-electron chi connectivity index (χ1n) is 5.68. The predicted molar refractivity (Wildman–Crippen MR) is 72.5 cm³/mol. The number of hydrogen-bond donors (Lipinski definition) is 2. The van der Waals surface area contributed by atoms with Crippen LogP contribution in [0, 0.1) is 0 Å². The second-order valence-corrected chi connectivity index (χ2v) is 6.75.